The summed E-state index contributed by atoms with van der Waals surface area (Å²) in [6.07, 6.45) is 6.90. The van der Waals surface area contributed by atoms with Gasteiger partial charge in [-0.15, -0.1) is 0 Å². The Hall–Kier alpha value is -3.33. The largest absolute Gasteiger partial charge is 0.338 e. The molecule has 1 saturated heterocycles. The van der Waals surface area contributed by atoms with Crippen LogP contribution in [0.2, 0.25) is 0 Å². The fourth-order valence-corrected chi connectivity index (χ4v) is 4.11. The number of hydrogen-bond acceptors (Lipinski definition) is 7. The molecule has 0 bridgehead atoms. The Morgan fingerprint density at radius 1 is 1.25 bits per heavy atom. The molecule has 0 radical (unpaired) electrons. The van der Waals surface area contributed by atoms with Crippen LogP contribution in [0.25, 0.3) is 21.6 Å². The molecule has 1 fully saturated rings. The first-order chi connectivity index (χ1) is 13.7. The molecule has 1 aliphatic rings. The third-order valence-corrected chi connectivity index (χ3v) is 5.53. The maximum Gasteiger partial charge on any atom is 0.222 e. The van der Waals surface area contributed by atoms with Crippen molar-refractivity contribution in [2.75, 3.05) is 11.9 Å². The van der Waals surface area contributed by atoms with Gasteiger partial charge in [-0.25, -0.2) is 15.0 Å². The van der Waals surface area contributed by atoms with Crippen molar-refractivity contribution < 1.29 is 4.79 Å². The molecule has 5 heterocycles. The minimum atomic E-state index is 0.219. The second kappa shape index (κ2) is 7.01. The number of hydrogen-bond donors (Lipinski definition) is 2. The van der Waals surface area contributed by atoms with Crippen molar-refractivity contribution in [3.8, 4) is 11.3 Å². The van der Waals surface area contributed by atoms with Crippen molar-refractivity contribution in [1.82, 2.24) is 30.0 Å². The summed E-state index contributed by atoms with van der Waals surface area (Å²) in [5.74, 6) is 0.926. The number of H-pyrrole nitrogens is 1. The van der Waals surface area contributed by atoms with Crippen LogP contribution in [0.5, 0.6) is 0 Å². The number of anilines is 2. The Labute approximate surface area is 164 Å². The number of likely N-dealkylation sites (tertiary alicyclic amines) is 1. The molecule has 0 aliphatic carbocycles. The van der Waals surface area contributed by atoms with Crippen molar-refractivity contribution in [3.63, 3.8) is 0 Å². The van der Waals surface area contributed by atoms with Crippen LogP contribution in [0.4, 0.5) is 10.9 Å². The molecular formula is C19H17N7OS. The number of thiazole rings is 1. The van der Waals surface area contributed by atoms with Crippen LogP contribution < -0.4 is 5.32 Å². The number of amides is 1. The molecule has 4 aromatic rings. The summed E-state index contributed by atoms with van der Waals surface area (Å²) in [7, 11) is 0. The van der Waals surface area contributed by atoms with Gasteiger partial charge in [0.2, 0.25) is 5.91 Å². The van der Waals surface area contributed by atoms with Crippen LogP contribution in [0.1, 0.15) is 18.4 Å². The fraction of sp³-hybridized carbons (Fsp3) is 0.211. The lowest BCUT2D eigenvalue weighted by atomic mass is 10.2. The number of nitrogens with zero attached hydrogens (tertiary/aromatic N) is 5. The summed E-state index contributed by atoms with van der Waals surface area (Å²) >= 11 is 1.47. The maximum atomic E-state index is 11.8. The van der Waals surface area contributed by atoms with Crippen molar-refractivity contribution in [3.05, 3.63) is 48.4 Å². The summed E-state index contributed by atoms with van der Waals surface area (Å²) in [5, 5.41) is 10.8. The first-order valence-corrected chi connectivity index (χ1v) is 9.83. The molecule has 9 heteroatoms. The Kier molecular flexibility index (Phi) is 4.21. The SMILES string of the molecule is O=C1CCCN1Cc1ccnc(Nc2nc3ccc(-c4cn[nH]c4)nc3s2)c1. The number of aromatic amines is 1. The van der Waals surface area contributed by atoms with Gasteiger partial charge in [0.05, 0.1) is 11.9 Å². The molecule has 0 saturated carbocycles. The topological polar surface area (TPSA) is 99.7 Å². The molecule has 0 unspecified atom stereocenters. The van der Waals surface area contributed by atoms with Crippen molar-refractivity contribution in [1.29, 1.82) is 0 Å². The monoisotopic (exact) mass is 391 g/mol. The number of carbonyl (C=O) groups is 1. The third-order valence-electron chi connectivity index (χ3n) is 4.65. The summed E-state index contributed by atoms with van der Waals surface area (Å²) in [5.41, 5.74) is 3.68. The predicted molar refractivity (Wildman–Crippen MR) is 107 cm³/mol. The van der Waals surface area contributed by atoms with E-state index in [4.69, 9.17) is 0 Å². The van der Waals surface area contributed by atoms with Crippen molar-refractivity contribution >= 4 is 38.5 Å². The summed E-state index contributed by atoms with van der Waals surface area (Å²) in [4.78, 5) is 28.2. The zero-order valence-corrected chi connectivity index (χ0v) is 15.7. The second-order valence-electron chi connectivity index (χ2n) is 6.62. The van der Waals surface area contributed by atoms with Gasteiger partial charge in [-0.3, -0.25) is 9.89 Å². The number of nitrogens with one attached hydrogen (secondary N) is 2. The zero-order valence-electron chi connectivity index (χ0n) is 14.9. The molecule has 0 spiro atoms. The van der Waals surface area contributed by atoms with Crippen LogP contribution >= 0.6 is 11.3 Å². The molecule has 0 atom stereocenters. The molecule has 2 N–H and O–H groups in total. The summed E-state index contributed by atoms with van der Waals surface area (Å²) in [6.45, 7) is 1.44. The lowest BCUT2D eigenvalue weighted by Crippen LogP contribution is -2.23. The van der Waals surface area contributed by atoms with Gasteiger partial charge in [0.25, 0.3) is 0 Å². The molecule has 28 heavy (non-hydrogen) atoms. The molecule has 1 amide bonds. The lowest BCUT2D eigenvalue weighted by Gasteiger charge is -2.15. The highest BCUT2D eigenvalue weighted by Gasteiger charge is 2.20. The molecule has 0 aromatic carbocycles. The van der Waals surface area contributed by atoms with Crippen LogP contribution in [0, 0.1) is 0 Å². The normalized spacial score (nSPS) is 14.1. The molecule has 4 aromatic heterocycles. The number of fused-ring (bicyclic) bond motifs is 1. The smallest absolute Gasteiger partial charge is 0.222 e. The van der Waals surface area contributed by atoms with Gasteiger partial charge >= 0.3 is 0 Å². The van der Waals surface area contributed by atoms with E-state index in [1.807, 2.05) is 35.4 Å². The molecule has 5 rings (SSSR count). The van der Waals surface area contributed by atoms with Crippen LogP contribution in [-0.4, -0.2) is 42.5 Å². The Balaban J connectivity index is 1.36. The van der Waals surface area contributed by atoms with E-state index in [-0.39, 0.29) is 5.91 Å². The number of pyridine rings is 2. The van der Waals surface area contributed by atoms with Gasteiger partial charge in [-0.2, -0.15) is 5.10 Å². The van der Waals surface area contributed by atoms with Gasteiger partial charge in [0.15, 0.2) is 5.13 Å². The zero-order chi connectivity index (χ0) is 18.9. The Morgan fingerprint density at radius 2 is 2.21 bits per heavy atom. The standard InChI is InChI=1S/C19H17N7OS/c27-17-2-1-7-26(17)11-12-5-6-20-16(8-12)25-19-24-15-4-3-14(23-18(15)28-19)13-9-21-22-10-13/h3-6,8-10H,1-2,7,11H2,(H,21,22)(H,20,24,25). The first kappa shape index (κ1) is 16.8. The second-order valence-corrected chi connectivity index (χ2v) is 7.60. The van der Waals surface area contributed by atoms with Crippen molar-refractivity contribution in [2.24, 2.45) is 0 Å². The minimum absolute atomic E-state index is 0.219. The van der Waals surface area contributed by atoms with Gasteiger partial charge in [0, 0.05) is 37.5 Å². The Bertz CT molecular complexity index is 1140. The van der Waals surface area contributed by atoms with Crippen LogP contribution in [0.15, 0.2) is 42.9 Å². The van der Waals surface area contributed by atoms with E-state index in [1.54, 1.807) is 12.4 Å². The molecule has 1 aliphatic heterocycles. The summed E-state index contributed by atoms with van der Waals surface area (Å²) < 4.78 is 0. The highest BCUT2D eigenvalue weighted by atomic mass is 32.1. The average molecular weight is 391 g/mol. The van der Waals surface area contributed by atoms with E-state index in [1.165, 1.54) is 11.3 Å². The molecular weight excluding hydrogens is 374 g/mol. The van der Waals surface area contributed by atoms with E-state index >= 15 is 0 Å². The van der Waals surface area contributed by atoms with E-state index in [2.05, 4.69) is 30.5 Å². The van der Waals surface area contributed by atoms with Gasteiger partial charge in [-0.05, 0) is 36.2 Å². The quantitative estimate of drug-likeness (QED) is 0.541. The van der Waals surface area contributed by atoms with E-state index in [0.717, 1.165) is 45.3 Å². The van der Waals surface area contributed by atoms with Gasteiger partial charge in [0.1, 0.15) is 16.2 Å². The maximum absolute atomic E-state index is 11.8. The minimum Gasteiger partial charge on any atom is -0.338 e. The van der Waals surface area contributed by atoms with Crippen LogP contribution in [-0.2, 0) is 11.3 Å². The highest BCUT2D eigenvalue weighted by molar-refractivity contribution is 7.21. The van der Waals surface area contributed by atoms with Crippen molar-refractivity contribution in [2.45, 2.75) is 19.4 Å². The Morgan fingerprint density at radius 3 is 3.04 bits per heavy atom. The average Bonchev–Trinajstić information content (AvgIpc) is 3.43. The highest BCUT2D eigenvalue weighted by Crippen LogP contribution is 2.29. The number of rotatable bonds is 5. The van der Waals surface area contributed by atoms with Gasteiger partial charge < -0.3 is 10.2 Å². The van der Waals surface area contributed by atoms with E-state index < -0.39 is 0 Å². The predicted octanol–water partition coefficient (Wildman–Crippen LogP) is 3.34. The van der Waals surface area contributed by atoms with Gasteiger partial charge in [-0.1, -0.05) is 11.3 Å². The third kappa shape index (κ3) is 3.31. The van der Waals surface area contributed by atoms with E-state index in [0.29, 0.717) is 18.8 Å². The summed E-state index contributed by atoms with van der Waals surface area (Å²) in [6, 6.07) is 7.79. The number of carbonyl (C=O) groups excluding carboxylic acids is 1. The number of aromatic nitrogens is 5. The van der Waals surface area contributed by atoms with Crippen LogP contribution in [0.3, 0.4) is 0 Å². The molecule has 140 valence electrons. The molecule has 8 nitrogen and oxygen atoms in total. The lowest BCUT2D eigenvalue weighted by molar-refractivity contribution is -0.128. The van der Waals surface area contributed by atoms with E-state index in [9.17, 15) is 4.79 Å². The first-order valence-electron chi connectivity index (χ1n) is 9.01. The fourth-order valence-electron chi connectivity index (χ4n) is 3.26.